The van der Waals surface area contributed by atoms with Crippen LogP contribution in [-0.4, -0.2) is 13.1 Å². The van der Waals surface area contributed by atoms with E-state index >= 15 is 0 Å². The van der Waals surface area contributed by atoms with Gasteiger partial charge in [-0.2, -0.15) is 0 Å². The Kier molecular flexibility index (Phi) is 3.59. The molecule has 0 atom stereocenters. The Hall–Kier alpha value is -1.42. The van der Waals surface area contributed by atoms with Crippen LogP contribution in [0, 0.1) is 0 Å². The van der Waals surface area contributed by atoms with Gasteiger partial charge in [0.1, 0.15) is 0 Å². The minimum Gasteiger partial charge on any atom is -0.465 e. The Balaban J connectivity index is 2.95. The first-order valence-electron chi connectivity index (χ1n) is 3.97. The van der Waals surface area contributed by atoms with Crippen molar-refractivity contribution in [2.24, 2.45) is 5.73 Å². The highest BCUT2D eigenvalue weighted by Crippen LogP contribution is 2.11. The van der Waals surface area contributed by atoms with Gasteiger partial charge >= 0.3 is 5.97 Å². The molecule has 0 bridgehead atoms. The van der Waals surface area contributed by atoms with Crippen LogP contribution in [0.5, 0.6) is 0 Å². The van der Waals surface area contributed by atoms with Crippen molar-refractivity contribution >= 4 is 24.3 Å². The minimum atomic E-state index is -0.357. The SMILES string of the molecule is COC(=O)c1ccc(/C(N)=C/S)cc1. The predicted molar refractivity (Wildman–Crippen MR) is 58.9 cm³/mol. The smallest absolute Gasteiger partial charge is 0.337 e. The maximum absolute atomic E-state index is 11.1. The standard InChI is InChI=1S/C10H11NO2S/c1-13-10(12)8-4-2-7(3-5-8)9(11)6-14/h2-6,14H,11H2,1H3/b9-6-. The Morgan fingerprint density at radius 3 is 2.29 bits per heavy atom. The van der Waals surface area contributed by atoms with Gasteiger partial charge in [-0.05, 0) is 23.1 Å². The number of ether oxygens (including phenoxy) is 1. The van der Waals surface area contributed by atoms with Crippen molar-refractivity contribution in [2.45, 2.75) is 0 Å². The monoisotopic (exact) mass is 209 g/mol. The van der Waals surface area contributed by atoms with Gasteiger partial charge in [-0.25, -0.2) is 4.79 Å². The second-order valence-electron chi connectivity index (χ2n) is 2.65. The van der Waals surface area contributed by atoms with Gasteiger partial charge in [-0.15, -0.1) is 12.6 Å². The van der Waals surface area contributed by atoms with E-state index in [1.165, 1.54) is 12.5 Å². The largest absolute Gasteiger partial charge is 0.465 e. The van der Waals surface area contributed by atoms with Crippen LogP contribution in [0.4, 0.5) is 0 Å². The van der Waals surface area contributed by atoms with Gasteiger partial charge in [0.05, 0.1) is 12.7 Å². The Bertz CT molecular complexity index is 357. The molecule has 3 nitrogen and oxygen atoms in total. The predicted octanol–water partition coefficient (Wildman–Crippen LogP) is 1.66. The molecule has 0 saturated carbocycles. The number of nitrogens with two attached hydrogens (primary N) is 1. The summed E-state index contributed by atoms with van der Waals surface area (Å²) in [5.74, 6) is -0.357. The van der Waals surface area contributed by atoms with Crippen LogP contribution in [0.1, 0.15) is 15.9 Å². The highest BCUT2D eigenvalue weighted by Gasteiger charge is 2.04. The molecule has 0 spiro atoms. The Morgan fingerprint density at radius 2 is 1.86 bits per heavy atom. The summed E-state index contributed by atoms with van der Waals surface area (Å²) in [7, 11) is 1.35. The van der Waals surface area contributed by atoms with Crippen LogP contribution in [0.3, 0.4) is 0 Å². The van der Waals surface area contributed by atoms with E-state index in [9.17, 15) is 4.79 Å². The molecule has 1 rings (SSSR count). The quantitative estimate of drug-likeness (QED) is 0.575. The van der Waals surface area contributed by atoms with E-state index in [1.54, 1.807) is 24.3 Å². The van der Waals surface area contributed by atoms with Crippen molar-refractivity contribution in [3.8, 4) is 0 Å². The number of esters is 1. The summed E-state index contributed by atoms with van der Waals surface area (Å²) < 4.78 is 4.56. The average Bonchev–Trinajstić information content (AvgIpc) is 2.27. The fraction of sp³-hybridized carbons (Fsp3) is 0.100. The number of thiol groups is 1. The van der Waals surface area contributed by atoms with Gasteiger partial charge in [0.15, 0.2) is 0 Å². The van der Waals surface area contributed by atoms with Gasteiger partial charge < -0.3 is 10.5 Å². The molecule has 1 aromatic carbocycles. The fourth-order valence-corrected chi connectivity index (χ4v) is 1.14. The normalized spacial score (nSPS) is 11.1. The number of benzene rings is 1. The summed E-state index contributed by atoms with van der Waals surface area (Å²) in [6.45, 7) is 0. The molecule has 0 aliphatic carbocycles. The van der Waals surface area contributed by atoms with E-state index in [0.717, 1.165) is 5.56 Å². The molecule has 0 aliphatic rings. The molecule has 0 amide bonds. The van der Waals surface area contributed by atoms with Crippen LogP contribution in [0.2, 0.25) is 0 Å². The summed E-state index contributed by atoms with van der Waals surface area (Å²) >= 11 is 3.93. The number of rotatable bonds is 2. The molecule has 1 aromatic rings. The molecule has 74 valence electrons. The highest BCUT2D eigenvalue weighted by molar-refractivity contribution is 7.83. The second kappa shape index (κ2) is 4.72. The summed E-state index contributed by atoms with van der Waals surface area (Å²) in [6, 6.07) is 6.80. The molecule has 0 aliphatic heterocycles. The summed E-state index contributed by atoms with van der Waals surface area (Å²) in [5, 5.41) is 1.51. The van der Waals surface area contributed by atoms with Crippen molar-refractivity contribution in [3.05, 3.63) is 40.8 Å². The lowest BCUT2D eigenvalue weighted by molar-refractivity contribution is 0.0601. The number of hydrogen-bond donors (Lipinski definition) is 2. The number of methoxy groups -OCH3 is 1. The van der Waals surface area contributed by atoms with E-state index in [1.807, 2.05) is 0 Å². The van der Waals surface area contributed by atoms with Crippen LogP contribution in [-0.2, 0) is 4.74 Å². The van der Waals surface area contributed by atoms with E-state index in [2.05, 4.69) is 17.4 Å². The van der Waals surface area contributed by atoms with E-state index in [4.69, 9.17) is 5.73 Å². The number of hydrogen-bond acceptors (Lipinski definition) is 4. The topological polar surface area (TPSA) is 52.3 Å². The Morgan fingerprint density at radius 1 is 1.36 bits per heavy atom. The number of carbonyl (C=O) groups excluding carboxylic acids is 1. The molecule has 0 saturated heterocycles. The van der Waals surface area contributed by atoms with E-state index < -0.39 is 0 Å². The van der Waals surface area contributed by atoms with Gasteiger partial charge in [0.2, 0.25) is 0 Å². The molecule has 0 heterocycles. The fourth-order valence-electron chi connectivity index (χ4n) is 0.991. The van der Waals surface area contributed by atoms with Crippen molar-refractivity contribution < 1.29 is 9.53 Å². The first-order valence-corrected chi connectivity index (χ1v) is 4.49. The first-order chi connectivity index (χ1) is 6.69. The van der Waals surface area contributed by atoms with Crippen molar-refractivity contribution in [2.75, 3.05) is 7.11 Å². The van der Waals surface area contributed by atoms with Crippen molar-refractivity contribution in [1.82, 2.24) is 0 Å². The van der Waals surface area contributed by atoms with Gasteiger partial charge in [-0.3, -0.25) is 0 Å². The minimum absolute atomic E-state index is 0.357. The lowest BCUT2D eigenvalue weighted by atomic mass is 10.1. The van der Waals surface area contributed by atoms with Crippen molar-refractivity contribution in [1.29, 1.82) is 0 Å². The second-order valence-corrected chi connectivity index (χ2v) is 2.91. The van der Waals surface area contributed by atoms with Crippen LogP contribution >= 0.6 is 12.6 Å². The molecule has 0 unspecified atom stereocenters. The lowest BCUT2D eigenvalue weighted by Gasteiger charge is -2.02. The van der Waals surface area contributed by atoms with Gasteiger partial charge in [0.25, 0.3) is 0 Å². The molecule has 0 aromatic heterocycles. The summed E-state index contributed by atoms with van der Waals surface area (Å²) in [4.78, 5) is 11.1. The van der Waals surface area contributed by atoms with Crippen LogP contribution < -0.4 is 5.73 Å². The third kappa shape index (κ3) is 2.29. The lowest BCUT2D eigenvalue weighted by Crippen LogP contribution is -2.01. The molecular formula is C10H11NO2S. The van der Waals surface area contributed by atoms with E-state index in [0.29, 0.717) is 11.3 Å². The van der Waals surface area contributed by atoms with Crippen molar-refractivity contribution in [3.63, 3.8) is 0 Å². The third-order valence-electron chi connectivity index (χ3n) is 1.78. The summed E-state index contributed by atoms with van der Waals surface area (Å²) in [6.07, 6.45) is 0. The maximum atomic E-state index is 11.1. The zero-order valence-electron chi connectivity index (χ0n) is 7.73. The zero-order valence-corrected chi connectivity index (χ0v) is 8.62. The molecule has 4 heteroatoms. The van der Waals surface area contributed by atoms with E-state index in [-0.39, 0.29) is 5.97 Å². The van der Waals surface area contributed by atoms with Gasteiger partial charge in [-0.1, -0.05) is 12.1 Å². The third-order valence-corrected chi connectivity index (χ3v) is 2.06. The molecule has 0 radical (unpaired) electrons. The molecule has 0 fully saturated rings. The maximum Gasteiger partial charge on any atom is 0.337 e. The van der Waals surface area contributed by atoms with Crippen LogP contribution in [0.15, 0.2) is 29.7 Å². The van der Waals surface area contributed by atoms with Crippen LogP contribution in [0.25, 0.3) is 5.70 Å². The highest BCUT2D eigenvalue weighted by atomic mass is 32.1. The molecule has 2 N–H and O–H groups in total. The summed E-state index contributed by atoms with van der Waals surface area (Å²) in [5.41, 5.74) is 7.51. The van der Waals surface area contributed by atoms with Gasteiger partial charge in [0, 0.05) is 5.70 Å². The molecule has 14 heavy (non-hydrogen) atoms. The average molecular weight is 209 g/mol. The zero-order chi connectivity index (χ0) is 10.6. The molecular weight excluding hydrogens is 198 g/mol. The first kappa shape index (κ1) is 10.7. The Labute approximate surface area is 88.0 Å². The number of carbonyl (C=O) groups is 1.